The van der Waals surface area contributed by atoms with Crippen LogP contribution in [0.4, 0.5) is 5.69 Å². The lowest BCUT2D eigenvalue weighted by atomic mass is 9.99. The Bertz CT molecular complexity index is 775. The molecule has 1 saturated heterocycles. The zero-order valence-corrected chi connectivity index (χ0v) is 13.9. The average molecular weight is 348 g/mol. The standard InChI is InChI=1S/C18H15Cl2NO2/c1-18-14(10-5-3-2-4-6-10)15(18)16(22)21(17(18)23)13-8-11(19)7-12(20)9-13/h2-9,14-15,17,23H,1H3/t14-,15-,17?,18-/m0/s1. The maximum absolute atomic E-state index is 12.8. The topological polar surface area (TPSA) is 40.5 Å². The Morgan fingerprint density at radius 1 is 1.04 bits per heavy atom. The van der Waals surface area contributed by atoms with Crippen LogP contribution < -0.4 is 4.90 Å². The summed E-state index contributed by atoms with van der Waals surface area (Å²) in [5.74, 6) is -0.234. The molecule has 1 N–H and O–H groups in total. The SMILES string of the molecule is C[C@@]12C(O)N(c3cc(Cl)cc(Cl)c3)C(=O)[C@@H]1[C@@H]2c1ccccc1. The van der Waals surface area contributed by atoms with E-state index in [9.17, 15) is 9.90 Å². The highest BCUT2D eigenvalue weighted by Gasteiger charge is 2.76. The zero-order valence-electron chi connectivity index (χ0n) is 12.4. The molecule has 5 heteroatoms. The van der Waals surface area contributed by atoms with Gasteiger partial charge in [0.05, 0.1) is 5.92 Å². The second-order valence-corrected chi connectivity index (χ2v) is 7.31. The van der Waals surface area contributed by atoms with Crippen LogP contribution in [0.15, 0.2) is 48.5 Å². The zero-order chi connectivity index (χ0) is 16.4. The Hall–Kier alpha value is -1.55. The molecule has 23 heavy (non-hydrogen) atoms. The molecule has 118 valence electrons. The fourth-order valence-corrected chi connectivity index (χ4v) is 4.48. The van der Waals surface area contributed by atoms with Crippen LogP contribution in [0, 0.1) is 11.3 Å². The smallest absolute Gasteiger partial charge is 0.233 e. The second-order valence-electron chi connectivity index (χ2n) is 6.44. The number of halogens is 2. The predicted molar refractivity (Wildman–Crippen MR) is 90.7 cm³/mol. The summed E-state index contributed by atoms with van der Waals surface area (Å²) in [6.45, 7) is 1.96. The Labute approximate surface area is 144 Å². The van der Waals surface area contributed by atoms with Crippen LogP contribution in [-0.4, -0.2) is 17.2 Å². The van der Waals surface area contributed by atoms with E-state index >= 15 is 0 Å². The third-order valence-electron chi connectivity index (χ3n) is 5.15. The average Bonchev–Trinajstić information content (AvgIpc) is 3.08. The molecule has 2 aromatic rings. The number of nitrogens with zero attached hydrogens (tertiary/aromatic N) is 1. The highest BCUT2D eigenvalue weighted by Crippen LogP contribution is 2.71. The molecule has 4 rings (SSSR count). The lowest BCUT2D eigenvalue weighted by Gasteiger charge is -2.29. The fraction of sp³-hybridized carbons (Fsp3) is 0.278. The van der Waals surface area contributed by atoms with Crippen molar-refractivity contribution in [2.75, 3.05) is 4.90 Å². The highest BCUT2D eigenvalue weighted by atomic mass is 35.5. The van der Waals surface area contributed by atoms with Gasteiger partial charge in [-0.2, -0.15) is 0 Å². The Balaban J connectivity index is 1.70. The second kappa shape index (κ2) is 4.97. The number of hydrogen-bond acceptors (Lipinski definition) is 2. The van der Waals surface area contributed by atoms with E-state index in [0.29, 0.717) is 15.7 Å². The number of anilines is 1. The molecule has 0 bridgehead atoms. The molecule has 2 fully saturated rings. The van der Waals surface area contributed by atoms with Gasteiger partial charge in [-0.1, -0.05) is 60.5 Å². The number of hydrogen-bond donors (Lipinski definition) is 1. The van der Waals surface area contributed by atoms with Crippen molar-refractivity contribution in [3.8, 4) is 0 Å². The third-order valence-corrected chi connectivity index (χ3v) is 5.59. The van der Waals surface area contributed by atoms with Crippen molar-refractivity contribution in [3.05, 3.63) is 64.1 Å². The summed E-state index contributed by atoms with van der Waals surface area (Å²) in [7, 11) is 0. The molecule has 1 heterocycles. The monoisotopic (exact) mass is 347 g/mol. The van der Waals surface area contributed by atoms with Crippen LogP contribution in [0.25, 0.3) is 0 Å². The first-order chi connectivity index (χ1) is 10.9. The number of carbonyl (C=O) groups is 1. The molecule has 1 unspecified atom stereocenters. The van der Waals surface area contributed by atoms with E-state index in [1.807, 2.05) is 37.3 Å². The van der Waals surface area contributed by atoms with Gasteiger partial charge in [-0.05, 0) is 23.8 Å². The van der Waals surface area contributed by atoms with E-state index in [4.69, 9.17) is 23.2 Å². The van der Waals surface area contributed by atoms with Crippen molar-refractivity contribution >= 4 is 34.8 Å². The van der Waals surface area contributed by atoms with E-state index in [2.05, 4.69) is 0 Å². The molecule has 0 spiro atoms. The van der Waals surface area contributed by atoms with Crippen LogP contribution in [0.5, 0.6) is 0 Å². The fourth-order valence-electron chi connectivity index (χ4n) is 3.97. The number of benzene rings is 2. The summed E-state index contributed by atoms with van der Waals surface area (Å²) in [5.41, 5.74) is 1.16. The van der Waals surface area contributed by atoms with E-state index < -0.39 is 11.6 Å². The van der Waals surface area contributed by atoms with E-state index in [1.165, 1.54) is 4.90 Å². The number of aliphatic hydroxyl groups is 1. The van der Waals surface area contributed by atoms with Crippen LogP contribution in [-0.2, 0) is 4.79 Å². The molecule has 0 aromatic heterocycles. The molecule has 2 aromatic carbocycles. The molecule has 2 aliphatic rings. The summed E-state index contributed by atoms with van der Waals surface area (Å²) in [4.78, 5) is 14.3. The Morgan fingerprint density at radius 3 is 2.17 bits per heavy atom. The minimum Gasteiger partial charge on any atom is -0.373 e. The van der Waals surface area contributed by atoms with E-state index in [1.54, 1.807) is 18.2 Å². The maximum atomic E-state index is 12.8. The maximum Gasteiger partial charge on any atom is 0.233 e. The first kappa shape index (κ1) is 15.0. The lowest BCUT2D eigenvalue weighted by Crippen LogP contribution is -2.40. The van der Waals surface area contributed by atoms with Crippen LogP contribution in [0.3, 0.4) is 0 Å². The van der Waals surface area contributed by atoms with Gasteiger partial charge < -0.3 is 5.11 Å². The largest absolute Gasteiger partial charge is 0.373 e. The van der Waals surface area contributed by atoms with Crippen molar-refractivity contribution in [3.63, 3.8) is 0 Å². The van der Waals surface area contributed by atoms with Crippen molar-refractivity contribution in [1.29, 1.82) is 0 Å². The van der Waals surface area contributed by atoms with Gasteiger partial charge in [0.15, 0.2) is 0 Å². The molecule has 3 nitrogen and oxygen atoms in total. The first-order valence-corrected chi connectivity index (χ1v) is 8.22. The molecular formula is C18H15Cl2NO2. The summed E-state index contributed by atoms with van der Waals surface area (Å²) in [5, 5.41) is 11.7. The number of rotatable bonds is 2. The molecule has 1 aliphatic carbocycles. The predicted octanol–water partition coefficient (Wildman–Crippen LogP) is 4.08. The highest BCUT2D eigenvalue weighted by molar-refractivity contribution is 6.35. The number of aliphatic hydroxyl groups excluding tert-OH is 1. The molecule has 1 amide bonds. The van der Waals surface area contributed by atoms with Crippen LogP contribution >= 0.6 is 23.2 Å². The van der Waals surface area contributed by atoms with Gasteiger partial charge in [0.25, 0.3) is 0 Å². The van der Waals surface area contributed by atoms with E-state index in [-0.39, 0.29) is 17.7 Å². The third kappa shape index (κ3) is 2.04. The van der Waals surface area contributed by atoms with Crippen molar-refractivity contribution in [1.82, 2.24) is 0 Å². The lowest BCUT2D eigenvalue weighted by molar-refractivity contribution is -0.119. The summed E-state index contributed by atoms with van der Waals surface area (Å²) >= 11 is 12.1. The van der Waals surface area contributed by atoms with E-state index in [0.717, 1.165) is 5.56 Å². The van der Waals surface area contributed by atoms with Gasteiger partial charge in [-0.3, -0.25) is 9.69 Å². The molecule has 0 radical (unpaired) electrons. The number of piperidine rings is 1. The number of amides is 1. The van der Waals surface area contributed by atoms with Crippen molar-refractivity contribution in [2.45, 2.75) is 19.1 Å². The summed E-state index contributed by atoms with van der Waals surface area (Å²) < 4.78 is 0. The quantitative estimate of drug-likeness (QED) is 0.889. The van der Waals surface area contributed by atoms with Gasteiger partial charge in [0.1, 0.15) is 6.23 Å². The van der Waals surface area contributed by atoms with Crippen LogP contribution in [0.1, 0.15) is 18.4 Å². The Kier molecular flexibility index (Phi) is 3.24. The summed E-state index contributed by atoms with van der Waals surface area (Å²) in [6.07, 6.45) is -0.889. The Morgan fingerprint density at radius 2 is 1.65 bits per heavy atom. The molecule has 1 saturated carbocycles. The molecule has 4 atom stereocenters. The van der Waals surface area contributed by atoms with Gasteiger partial charge in [0.2, 0.25) is 5.91 Å². The normalized spacial score (nSPS) is 32.1. The molecule has 1 aliphatic heterocycles. The van der Waals surface area contributed by atoms with Gasteiger partial charge in [-0.25, -0.2) is 0 Å². The summed E-state index contributed by atoms with van der Waals surface area (Å²) in [6, 6.07) is 14.8. The first-order valence-electron chi connectivity index (χ1n) is 7.47. The van der Waals surface area contributed by atoms with Crippen molar-refractivity contribution < 1.29 is 9.90 Å². The van der Waals surface area contributed by atoms with Crippen molar-refractivity contribution in [2.24, 2.45) is 11.3 Å². The van der Waals surface area contributed by atoms with Crippen LogP contribution in [0.2, 0.25) is 10.0 Å². The minimum atomic E-state index is -0.889. The van der Waals surface area contributed by atoms with Gasteiger partial charge >= 0.3 is 0 Å². The van der Waals surface area contributed by atoms with Gasteiger partial charge in [0, 0.05) is 27.1 Å². The molecular weight excluding hydrogens is 333 g/mol. The number of carbonyl (C=O) groups excluding carboxylic acids is 1. The van der Waals surface area contributed by atoms with Gasteiger partial charge in [-0.15, -0.1) is 0 Å². The minimum absolute atomic E-state index is 0.0529. The number of fused-ring (bicyclic) bond motifs is 1.